The molecule has 0 spiro atoms. The van der Waals surface area contributed by atoms with Crippen LogP contribution in [0.3, 0.4) is 0 Å². The van der Waals surface area contributed by atoms with E-state index in [1.165, 1.54) is 4.90 Å². The number of carbonyl (C=O) groups excluding carboxylic acids is 2. The van der Waals surface area contributed by atoms with Crippen LogP contribution in [-0.2, 0) is 32.6 Å². The Morgan fingerprint density at radius 1 is 0.844 bits per heavy atom. The number of carbonyl (C=O) groups is 2. The predicted molar refractivity (Wildman–Crippen MR) is 176 cm³/mol. The van der Waals surface area contributed by atoms with E-state index in [2.05, 4.69) is 5.32 Å². The van der Waals surface area contributed by atoms with Crippen LogP contribution in [0.25, 0.3) is 0 Å². The van der Waals surface area contributed by atoms with Crippen LogP contribution in [0.4, 0.5) is 10.1 Å². The molecular weight excluding hydrogens is 636 g/mol. The maximum atomic E-state index is 14.5. The summed E-state index contributed by atoms with van der Waals surface area (Å²) in [6.07, 6.45) is 0.141. The molecule has 4 aromatic rings. The molecule has 0 radical (unpaired) electrons. The van der Waals surface area contributed by atoms with Crippen LogP contribution in [-0.4, -0.2) is 43.8 Å². The molecule has 4 aromatic carbocycles. The number of hydrogen-bond donors (Lipinski definition) is 1. The average molecular weight is 671 g/mol. The number of rotatable bonds is 12. The van der Waals surface area contributed by atoms with Crippen molar-refractivity contribution in [2.45, 2.75) is 50.7 Å². The Morgan fingerprint density at radius 2 is 1.44 bits per heavy atom. The summed E-state index contributed by atoms with van der Waals surface area (Å²) in [5, 5.41) is 3.48. The fourth-order valence-corrected chi connectivity index (χ4v) is 6.69. The Morgan fingerprint density at radius 3 is 2.02 bits per heavy atom. The highest BCUT2D eigenvalue weighted by atomic mass is 35.5. The molecule has 1 N–H and O–H groups in total. The van der Waals surface area contributed by atoms with E-state index in [0.717, 1.165) is 39.7 Å². The average Bonchev–Trinajstić information content (AvgIpc) is 2.99. The summed E-state index contributed by atoms with van der Waals surface area (Å²) in [5.41, 5.74) is 2.30. The summed E-state index contributed by atoms with van der Waals surface area (Å²) < 4.78 is 42.7. The highest BCUT2D eigenvalue weighted by Gasteiger charge is 2.35. The number of amides is 2. The van der Waals surface area contributed by atoms with E-state index in [9.17, 15) is 22.4 Å². The molecule has 0 aliphatic carbocycles. The summed E-state index contributed by atoms with van der Waals surface area (Å²) in [6, 6.07) is 23.8. The van der Waals surface area contributed by atoms with Crippen molar-refractivity contribution < 1.29 is 22.4 Å². The molecule has 0 heterocycles. The molecule has 11 heteroatoms. The molecule has 0 aliphatic rings. The van der Waals surface area contributed by atoms with Gasteiger partial charge in [0.25, 0.3) is 10.0 Å². The van der Waals surface area contributed by atoms with Crippen LogP contribution in [0.15, 0.2) is 102 Å². The molecule has 2 amide bonds. The van der Waals surface area contributed by atoms with Gasteiger partial charge < -0.3 is 10.2 Å². The standard InChI is InChI=1S/C34H34Cl2FN3O4S/c1-23(2)38-34(42)32(20-25-8-5-4-6-9-25)39(21-29-30(35)10-7-11-31(29)36)33(41)22-40(27-16-12-24(3)13-17-27)45(43,44)28-18-14-26(37)15-19-28/h4-19,23,32H,20-22H2,1-3H3,(H,38,42)/t32-/m0/s1. The fourth-order valence-electron chi connectivity index (χ4n) is 4.76. The number of anilines is 1. The van der Waals surface area contributed by atoms with Gasteiger partial charge >= 0.3 is 0 Å². The lowest BCUT2D eigenvalue weighted by molar-refractivity contribution is -0.140. The number of nitrogens with one attached hydrogen (secondary N) is 1. The first-order valence-corrected chi connectivity index (χ1v) is 16.5. The third-order valence-corrected chi connectivity index (χ3v) is 9.59. The van der Waals surface area contributed by atoms with Gasteiger partial charge in [-0.25, -0.2) is 12.8 Å². The summed E-state index contributed by atoms with van der Waals surface area (Å²) >= 11 is 13.1. The van der Waals surface area contributed by atoms with Gasteiger partial charge in [0.05, 0.1) is 10.6 Å². The van der Waals surface area contributed by atoms with E-state index in [-0.39, 0.29) is 39.6 Å². The summed E-state index contributed by atoms with van der Waals surface area (Å²) in [6.45, 7) is 4.64. The van der Waals surface area contributed by atoms with Crippen LogP contribution in [0.5, 0.6) is 0 Å². The van der Waals surface area contributed by atoms with Crippen LogP contribution >= 0.6 is 23.2 Å². The maximum absolute atomic E-state index is 14.5. The monoisotopic (exact) mass is 669 g/mol. The van der Waals surface area contributed by atoms with Crippen molar-refractivity contribution in [3.05, 3.63) is 130 Å². The van der Waals surface area contributed by atoms with Gasteiger partial charge in [-0.15, -0.1) is 0 Å². The van der Waals surface area contributed by atoms with Gasteiger partial charge in [0.2, 0.25) is 11.8 Å². The third-order valence-electron chi connectivity index (χ3n) is 7.09. The SMILES string of the molecule is Cc1ccc(N(CC(=O)N(Cc2c(Cl)cccc2Cl)[C@@H](Cc2ccccc2)C(=O)NC(C)C)S(=O)(=O)c2ccc(F)cc2)cc1. The number of hydrogen-bond acceptors (Lipinski definition) is 4. The zero-order valence-electron chi connectivity index (χ0n) is 25.1. The first kappa shape index (κ1) is 34.0. The maximum Gasteiger partial charge on any atom is 0.264 e. The molecule has 7 nitrogen and oxygen atoms in total. The van der Waals surface area contributed by atoms with Gasteiger partial charge in [0.1, 0.15) is 18.4 Å². The van der Waals surface area contributed by atoms with Crippen molar-refractivity contribution in [1.82, 2.24) is 10.2 Å². The van der Waals surface area contributed by atoms with Gasteiger partial charge in [0.15, 0.2) is 0 Å². The molecule has 0 saturated carbocycles. The molecule has 0 aromatic heterocycles. The van der Waals surface area contributed by atoms with Gasteiger partial charge in [-0.3, -0.25) is 13.9 Å². The second kappa shape index (κ2) is 14.9. The van der Waals surface area contributed by atoms with Crippen LogP contribution in [0, 0.1) is 12.7 Å². The highest BCUT2D eigenvalue weighted by molar-refractivity contribution is 7.92. The Bertz CT molecular complexity index is 1720. The summed E-state index contributed by atoms with van der Waals surface area (Å²) in [5.74, 6) is -1.69. The van der Waals surface area contributed by atoms with Crippen molar-refractivity contribution in [2.75, 3.05) is 10.8 Å². The molecule has 0 saturated heterocycles. The Hall–Kier alpha value is -3.92. The van der Waals surface area contributed by atoms with Gasteiger partial charge in [-0.2, -0.15) is 0 Å². The molecule has 4 rings (SSSR count). The number of benzene rings is 4. The predicted octanol–water partition coefficient (Wildman–Crippen LogP) is 6.80. The summed E-state index contributed by atoms with van der Waals surface area (Å²) in [4.78, 5) is 29.4. The van der Waals surface area contributed by atoms with Crippen molar-refractivity contribution in [2.24, 2.45) is 0 Å². The molecule has 0 aliphatic heterocycles. The second-order valence-electron chi connectivity index (χ2n) is 10.9. The van der Waals surface area contributed by atoms with Crippen LogP contribution in [0.2, 0.25) is 10.0 Å². The minimum Gasteiger partial charge on any atom is -0.352 e. The van der Waals surface area contributed by atoms with E-state index in [0.29, 0.717) is 5.56 Å². The van der Waals surface area contributed by atoms with Crippen molar-refractivity contribution in [1.29, 1.82) is 0 Å². The van der Waals surface area contributed by atoms with Crippen molar-refractivity contribution >= 4 is 50.7 Å². The second-order valence-corrected chi connectivity index (χ2v) is 13.6. The number of nitrogens with zero attached hydrogens (tertiary/aromatic N) is 2. The number of aryl methyl sites for hydroxylation is 1. The zero-order valence-corrected chi connectivity index (χ0v) is 27.4. The zero-order chi connectivity index (χ0) is 32.7. The lowest BCUT2D eigenvalue weighted by Crippen LogP contribution is -2.54. The highest BCUT2D eigenvalue weighted by Crippen LogP contribution is 2.29. The van der Waals surface area contributed by atoms with E-state index >= 15 is 0 Å². The third kappa shape index (κ3) is 8.63. The normalized spacial score (nSPS) is 12.1. The smallest absolute Gasteiger partial charge is 0.264 e. The summed E-state index contributed by atoms with van der Waals surface area (Å²) in [7, 11) is -4.36. The van der Waals surface area contributed by atoms with E-state index in [1.54, 1.807) is 42.5 Å². The largest absolute Gasteiger partial charge is 0.352 e. The van der Waals surface area contributed by atoms with Crippen LogP contribution in [0.1, 0.15) is 30.5 Å². The lowest BCUT2D eigenvalue weighted by Gasteiger charge is -2.34. The molecule has 1 atom stereocenters. The lowest BCUT2D eigenvalue weighted by atomic mass is 10.0. The Labute approximate surface area is 273 Å². The van der Waals surface area contributed by atoms with E-state index in [1.807, 2.05) is 51.1 Å². The van der Waals surface area contributed by atoms with Gasteiger partial charge in [-0.1, -0.05) is 77.3 Å². The minimum atomic E-state index is -4.36. The topological polar surface area (TPSA) is 86.8 Å². The molecule has 0 fully saturated rings. The molecule has 0 unspecified atom stereocenters. The molecule has 45 heavy (non-hydrogen) atoms. The quantitative estimate of drug-likeness (QED) is 0.180. The molecule has 0 bridgehead atoms. The van der Waals surface area contributed by atoms with E-state index < -0.39 is 40.2 Å². The van der Waals surface area contributed by atoms with Crippen molar-refractivity contribution in [3.8, 4) is 0 Å². The van der Waals surface area contributed by atoms with E-state index in [4.69, 9.17) is 23.2 Å². The van der Waals surface area contributed by atoms with Crippen LogP contribution < -0.4 is 9.62 Å². The fraction of sp³-hybridized carbons (Fsp3) is 0.235. The minimum absolute atomic E-state index is 0.141. The molecular formula is C34H34Cl2FN3O4S. The Kier molecular flexibility index (Phi) is 11.3. The first-order valence-electron chi connectivity index (χ1n) is 14.3. The van der Waals surface area contributed by atoms with Gasteiger partial charge in [0, 0.05) is 34.6 Å². The molecule has 236 valence electrons. The first-order chi connectivity index (χ1) is 21.4. The van der Waals surface area contributed by atoms with Crippen molar-refractivity contribution in [3.63, 3.8) is 0 Å². The number of sulfonamides is 1. The van der Waals surface area contributed by atoms with Gasteiger partial charge in [-0.05, 0) is 74.9 Å². The number of halogens is 3. The Balaban J connectivity index is 1.83.